The molecule has 4 nitrogen and oxygen atoms in total. The molecule has 0 saturated carbocycles. The van der Waals surface area contributed by atoms with Crippen molar-refractivity contribution >= 4 is 53.3 Å². The Labute approximate surface area is 327 Å². The second kappa shape index (κ2) is 13.3. The maximum atomic E-state index is 5.31. The number of benzene rings is 8. The molecule has 0 aliphatic carbocycles. The largest absolute Gasteiger partial charge is 0.277 e. The average Bonchev–Trinajstić information content (AvgIpc) is 3.83. The van der Waals surface area contributed by atoms with Crippen molar-refractivity contribution in [3.05, 3.63) is 194 Å². The highest BCUT2D eigenvalue weighted by atomic mass is 32.1. The van der Waals surface area contributed by atoms with E-state index in [9.17, 15) is 0 Å². The first-order chi connectivity index (χ1) is 27.8. The zero-order valence-electron chi connectivity index (χ0n) is 30.2. The number of thiophene rings is 1. The molecule has 0 aliphatic rings. The van der Waals surface area contributed by atoms with E-state index in [-0.39, 0.29) is 0 Å². The first-order valence-electron chi connectivity index (χ1n) is 18.8. The Bertz CT molecular complexity index is 3150. The van der Waals surface area contributed by atoms with E-state index in [0.717, 1.165) is 38.5 Å². The van der Waals surface area contributed by atoms with Gasteiger partial charge in [-0.1, -0.05) is 176 Å². The molecule has 0 N–H and O–H groups in total. The summed E-state index contributed by atoms with van der Waals surface area (Å²) in [6.07, 6.45) is 0. The van der Waals surface area contributed by atoms with Crippen molar-refractivity contribution in [2.75, 3.05) is 0 Å². The summed E-state index contributed by atoms with van der Waals surface area (Å²) in [4.78, 5) is 15.7. The van der Waals surface area contributed by atoms with Crippen LogP contribution in [-0.4, -0.2) is 19.5 Å². The highest BCUT2D eigenvalue weighted by Gasteiger charge is 2.25. The predicted octanol–water partition coefficient (Wildman–Crippen LogP) is 13.7. The van der Waals surface area contributed by atoms with Crippen molar-refractivity contribution in [2.24, 2.45) is 0 Å². The number of hydrogen-bond donors (Lipinski definition) is 0. The second-order valence-electron chi connectivity index (χ2n) is 14.0. The van der Waals surface area contributed by atoms with E-state index in [0.29, 0.717) is 17.6 Å². The van der Waals surface area contributed by atoms with E-state index in [1.165, 1.54) is 48.0 Å². The molecule has 0 amide bonds. The van der Waals surface area contributed by atoms with Crippen LogP contribution in [0.5, 0.6) is 0 Å². The highest BCUT2D eigenvalue weighted by Crippen LogP contribution is 2.49. The molecule has 0 fully saturated rings. The zero-order valence-corrected chi connectivity index (χ0v) is 31.0. The Morgan fingerprint density at radius 3 is 1.48 bits per heavy atom. The lowest BCUT2D eigenvalue weighted by molar-refractivity contribution is 0.955. The van der Waals surface area contributed by atoms with Crippen molar-refractivity contribution in [1.29, 1.82) is 0 Å². The molecule has 0 saturated heterocycles. The van der Waals surface area contributed by atoms with Gasteiger partial charge in [0.25, 0.3) is 0 Å². The van der Waals surface area contributed by atoms with Crippen LogP contribution in [0.25, 0.3) is 104 Å². The fraction of sp³-hybridized carbons (Fsp3) is 0. The van der Waals surface area contributed by atoms with E-state index in [4.69, 9.17) is 15.0 Å². The van der Waals surface area contributed by atoms with Gasteiger partial charge < -0.3 is 0 Å². The summed E-state index contributed by atoms with van der Waals surface area (Å²) in [6.45, 7) is 0. The number of rotatable bonds is 6. The number of aromatic nitrogens is 4. The smallest absolute Gasteiger partial charge is 0.238 e. The van der Waals surface area contributed by atoms with Gasteiger partial charge in [0.1, 0.15) is 0 Å². The van der Waals surface area contributed by atoms with Crippen LogP contribution in [0, 0.1) is 0 Å². The van der Waals surface area contributed by atoms with Gasteiger partial charge in [-0.05, 0) is 46.0 Å². The molecule has 0 radical (unpaired) electrons. The number of nitrogens with zero attached hydrogens (tertiary/aromatic N) is 4. The summed E-state index contributed by atoms with van der Waals surface area (Å²) in [7, 11) is 0. The fourth-order valence-corrected chi connectivity index (χ4v) is 9.43. The maximum Gasteiger partial charge on any atom is 0.238 e. The maximum absolute atomic E-state index is 5.31. The van der Waals surface area contributed by atoms with Crippen LogP contribution in [-0.2, 0) is 0 Å². The van der Waals surface area contributed by atoms with Gasteiger partial charge >= 0.3 is 0 Å². The first-order valence-corrected chi connectivity index (χ1v) is 19.6. The third-order valence-electron chi connectivity index (χ3n) is 10.7. The third kappa shape index (κ3) is 5.32. The fourth-order valence-electron chi connectivity index (χ4n) is 8.05. The van der Waals surface area contributed by atoms with Crippen LogP contribution in [0.4, 0.5) is 0 Å². The summed E-state index contributed by atoms with van der Waals surface area (Å²) < 4.78 is 4.78. The van der Waals surface area contributed by atoms with Crippen molar-refractivity contribution in [2.45, 2.75) is 0 Å². The summed E-state index contributed by atoms with van der Waals surface area (Å²) >= 11 is 1.87. The van der Waals surface area contributed by atoms with E-state index < -0.39 is 0 Å². The Morgan fingerprint density at radius 1 is 0.357 bits per heavy atom. The van der Waals surface area contributed by atoms with Gasteiger partial charge in [-0.25, -0.2) is 4.98 Å². The minimum atomic E-state index is 0.581. The van der Waals surface area contributed by atoms with Crippen LogP contribution < -0.4 is 0 Å². The molecule has 5 heteroatoms. The van der Waals surface area contributed by atoms with E-state index in [1.54, 1.807) is 0 Å². The van der Waals surface area contributed by atoms with Gasteiger partial charge in [-0.3, -0.25) is 4.57 Å². The SMILES string of the molecule is c1ccc(-c2ccc3c(c2)c2cc(-c4ccccc4)c4sc5c(-c6ccccc6)cccc5c4c2n3-c2nc(-c3ccccc3)nc(-c3ccccc3)n2)cc1. The van der Waals surface area contributed by atoms with E-state index in [1.807, 2.05) is 47.7 Å². The third-order valence-corrected chi connectivity index (χ3v) is 11.9. The van der Waals surface area contributed by atoms with Gasteiger partial charge in [-0.2, -0.15) is 9.97 Å². The molecule has 0 atom stereocenters. The Kier molecular flexibility index (Phi) is 7.64. The molecular formula is C51H32N4S. The lowest BCUT2D eigenvalue weighted by Gasteiger charge is -2.12. The van der Waals surface area contributed by atoms with Gasteiger partial charge in [-0.15, -0.1) is 11.3 Å². The lowest BCUT2D eigenvalue weighted by atomic mass is 9.97. The normalized spacial score (nSPS) is 11.6. The lowest BCUT2D eigenvalue weighted by Crippen LogP contribution is -2.06. The van der Waals surface area contributed by atoms with Crippen LogP contribution in [0.2, 0.25) is 0 Å². The summed E-state index contributed by atoms with van der Waals surface area (Å²) in [6, 6.07) is 68.5. The van der Waals surface area contributed by atoms with Gasteiger partial charge in [0.15, 0.2) is 11.6 Å². The number of hydrogen-bond acceptors (Lipinski definition) is 4. The molecule has 0 bridgehead atoms. The minimum Gasteiger partial charge on any atom is -0.277 e. The first kappa shape index (κ1) is 32.2. The molecule has 3 heterocycles. The molecule has 0 spiro atoms. The molecule has 262 valence electrons. The quantitative estimate of drug-likeness (QED) is 0.171. The van der Waals surface area contributed by atoms with Gasteiger partial charge in [0, 0.05) is 47.6 Å². The predicted molar refractivity (Wildman–Crippen MR) is 234 cm³/mol. The molecule has 0 unspecified atom stereocenters. The molecule has 0 aliphatic heterocycles. The van der Waals surface area contributed by atoms with Crippen LogP contribution in [0.3, 0.4) is 0 Å². The molecule has 11 rings (SSSR count). The molecule has 8 aromatic carbocycles. The monoisotopic (exact) mass is 732 g/mol. The number of fused-ring (bicyclic) bond motifs is 7. The summed E-state index contributed by atoms with van der Waals surface area (Å²) in [5.74, 6) is 1.84. The van der Waals surface area contributed by atoms with Crippen LogP contribution in [0.15, 0.2) is 194 Å². The molecular weight excluding hydrogens is 701 g/mol. The van der Waals surface area contributed by atoms with Crippen molar-refractivity contribution in [3.63, 3.8) is 0 Å². The van der Waals surface area contributed by atoms with Crippen molar-refractivity contribution < 1.29 is 0 Å². The van der Waals surface area contributed by atoms with Gasteiger partial charge in [0.2, 0.25) is 5.95 Å². The van der Waals surface area contributed by atoms with E-state index in [2.05, 4.69) is 162 Å². The summed E-state index contributed by atoms with van der Waals surface area (Å²) in [5.41, 5.74) is 11.1. The topological polar surface area (TPSA) is 43.6 Å². The highest BCUT2D eigenvalue weighted by molar-refractivity contribution is 7.27. The van der Waals surface area contributed by atoms with Crippen molar-refractivity contribution in [3.8, 4) is 62.1 Å². The zero-order chi connectivity index (χ0) is 37.0. The molecule has 56 heavy (non-hydrogen) atoms. The Hall–Kier alpha value is -7.21. The van der Waals surface area contributed by atoms with E-state index >= 15 is 0 Å². The van der Waals surface area contributed by atoms with Crippen LogP contribution >= 0.6 is 11.3 Å². The summed E-state index contributed by atoms with van der Waals surface area (Å²) in [5, 5.41) is 4.69. The average molecular weight is 733 g/mol. The Balaban J connectivity index is 1.33. The molecule has 11 aromatic rings. The molecule has 3 aromatic heterocycles. The minimum absolute atomic E-state index is 0.581. The van der Waals surface area contributed by atoms with Gasteiger partial charge in [0.05, 0.1) is 11.0 Å². The van der Waals surface area contributed by atoms with Crippen molar-refractivity contribution in [1.82, 2.24) is 19.5 Å². The van der Waals surface area contributed by atoms with Crippen LogP contribution in [0.1, 0.15) is 0 Å². The Morgan fingerprint density at radius 2 is 0.893 bits per heavy atom. The standard InChI is InChI=1S/C51H32N4S/c1-6-17-33(18-7-1)38-29-30-44-42(31-38)43-32-41(35-21-10-3-11-22-35)48-45(40-28-16-27-39(47(40)56-48)34-19-8-2-9-20-34)46(43)55(44)51-53-49(36-23-12-4-13-24-36)52-50(54-51)37-25-14-5-15-26-37/h1-32H. The second-order valence-corrected chi connectivity index (χ2v) is 15.0.